The van der Waals surface area contributed by atoms with Crippen molar-refractivity contribution in [2.45, 2.75) is 71.4 Å². The molecule has 112 valence electrons. The van der Waals surface area contributed by atoms with Crippen LogP contribution in [0.25, 0.3) is 0 Å². The van der Waals surface area contributed by atoms with Crippen molar-refractivity contribution in [3.8, 4) is 0 Å². The van der Waals surface area contributed by atoms with Gasteiger partial charge in [-0.1, -0.05) is 90.4 Å². The zero-order chi connectivity index (χ0) is 15.6. The summed E-state index contributed by atoms with van der Waals surface area (Å²) >= 11 is 0. The predicted molar refractivity (Wildman–Crippen MR) is 93.9 cm³/mol. The van der Waals surface area contributed by atoms with Crippen LogP contribution in [0.15, 0.2) is 30.3 Å². The SMILES string of the molecule is CCCC(=N)[Si](c1ccccc1)(C(C)(C)C)C(C)(C)C. The summed E-state index contributed by atoms with van der Waals surface area (Å²) in [6.45, 7) is 16.2. The first kappa shape index (κ1) is 17.2. The second-order valence-corrected chi connectivity index (χ2v) is 13.5. The molecule has 0 radical (unpaired) electrons. The fourth-order valence-electron chi connectivity index (χ4n) is 4.20. The molecule has 0 unspecified atom stereocenters. The Morgan fingerprint density at radius 3 is 1.75 bits per heavy atom. The molecule has 0 fully saturated rings. The van der Waals surface area contributed by atoms with Gasteiger partial charge in [0.05, 0.1) is 0 Å². The molecular formula is C18H31NSi. The molecule has 0 aromatic heterocycles. The van der Waals surface area contributed by atoms with Gasteiger partial charge in [0.2, 0.25) is 0 Å². The fraction of sp³-hybridized carbons (Fsp3) is 0.611. The predicted octanol–water partition coefficient (Wildman–Crippen LogP) is 5.30. The monoisotopic (exact) mass is 289 g/mol. The summed E-state index contributed by atoms with van der Waals surface area (Å²) < 4.78 is 0. The van der Waals surface area contributed by atoms with E-state index in [4.69, 9.17) is 5.41 Å². The third kappa shape index (κ3) is 2.76. The fourth-order valence-corrected chi connectivity index (χ4v) is 11.7. The molecule has 1 N–H and O–H groups in total. The van der Waals surface area contributed by atoms with Gasteiger partial charge in [0, 0.05) is 5.33 Å². The average Bonchev–Trinajstić information content (AvgIpc) is 2.27. The summed E-state index contributed by atoms with van der Waals surface area (Å²) in [6, 6.07) is 10.9. The lowest BCUT2D eigenvalue weighted by Crippen LogP contribution is -2.67. The lowest BCUT2D eigenvalue weighted by Gasteiger charge is -2.52. The second-order valence-electron chi connectivity index (χ2n) is 7.84. The molecule has 2 heteroatoms. The van der Waals surface area contributed by atoms with Crippen molar-refractivity contribution in [2.75, 3.05) is 0 Å². The Kier molecular flexibility index (Phi) is 5.02. The molecule has 1 aromatic rings. The third-order valence-electron chi connectivity index (χ3n) is 4.41. The van der Waals surface area contributed by atoms with Gasteiger partial charge in [-0.05, 0) is 16.5 Å². The molecule has 0 heterocycles. The van der Waals surface area contributed by atoms with E-state index in [0.717, 1.165) is 18.2 Å². The van der Waals surface area contributed by atoms with Crippen molar-refractivity contribution >= 4 is 18.6 Å². The van der Waals surface area contributed by atoms with Gasteiger partial charge < -0.3 is 5.41 Å². The lowest BCUT2D eigenvalue weighted by molar-refractivity contribution is 0.638. The van der Waals surface area contributed by atoms with Crippen LogP contribution in [0.5, 0.6) is 0 Å². The number of hydrogen-bond donors (Lipinski definition) is 1. The first-order valence-electron chi connectivity index (χ1n) is 7.72. The van der Waals surface area contributed by atoms with Crippen LogP contribution in [0, 0.1) is 5.41 Å². The zero-order valence-corrected chi connectivity index (χ0v) is 15.3. The van der Waals surface area contributed by atoms with Gasteiger partial charge in [0.15, 0.2) is 0 Å². The normalized spacial score (nSPS) is 13.3. The van der Waals surface area contributed by atoms with Crippen LogP contribution in [0.1, 0.15) is 61.3 Å². The molecule has 0 aliphatic carbocycles. The Labute approximate surface area is 126 Å². The molecule has 0 bridgehead atoms. The maximum absolute atomic E-state index is 8.90. The summed E-state index contributed by atoms with van der Waals surface area (Å²) in [5.41, 5.74) is 0. The first-order chi connectivity index (χ1) is 9.09. The van der Waals surface area contributed by atoms with E-state index in [2.05, 4.69) is 78.8 Å². The van der Waals surface area contributed by atoms with Gasteiger partial charge in [-0.25, -0.2) is 0 Å². The van der Waals surface area contributed by atoms with E-state index in [0.29, 0.717) is 0 Å². The summed E-state index contributed by atoms with van der Waals surface area (Å²) in [4.78, 5) is 0. The van der Waals surface area contributed by atoms with E-state index < -0.39 is 8.07 Å². The van der Waals surface area contributed by atoms with Crippen molar-refractivity contribution in [2.24, 2.45) is 0 Å². The lowest BCUT2D eigenvalue weighted by atomic mass is 10.2. The smallest absolute Gasteiger partial charge is 0.145 e. The average molecular weight is 290 g/mol. The summed E-state index contributed by atoms with van der Waals surface area (Å²) in [7, 11) is -2.12. The summed E-state index contributed by atoms with van der Waals surface area (Å²) in [5, 5.41) is 11.6. The van der Waals surface area contributed by atoms with Gasteiger partial charge in [0.25, 0.3) is 0 Å². The minimum absolute atomic E-state index is 0.138. The largest absolute Gasteiger partial charge is 0.314 e. The highest BCUT2D eigenvalue weighted by Gasteiger charge is 2.56. The van der Waals surface area contributed by atoms with E-state index in [1.165, 1.54) is 5.19 Å². The quantitative estimate of drug-likeness (QED) is 0.574. The van der Waals surface area contributed by atoms with Gasteiger partial charge in [0.1, 0.15) is 8.07 Å². The van der Waals surface area contributed by atoms with Crippen molar-refractivity contribution < 1.29 is 0 Å². The Bertz CT molecular complexity index is 435. The molecule has 20 heavy (non-hydrogen) atoms. The van der Waals surface area contributed by atoms with Crippen molar-refractivity contribution in [1.29, 1.82) is 5.41 Å². The highest BCUT2D eigenvalue weighted by molar-refractivity contribution is 7.18. The molecule has 0 saturated heterocycles. The van der Waals surface area contributed by atoms with Gasteiger partial charge in [-0.2, -0.15) is 0 Å². The van der Waals surface area contributed by atoms with Crippen molar-refractivity contribution in [3.63, 3.8) is 0 Å². The Morgan fingerprint density at radius 2 is 1.40 bits per heavy atom. The van der Waals surface area contributed by atoms with Gasteiger partial charge >= 0.3 is 0 Å². The zero-order valence-electron chi connectivity index (χ0n) is 14.3. The van der Waals surface area contributed by atoms with Crippen molar-refractivity contribution in [3.05, 3.63) is 30.3 Å². The molecule has 0 aliphatic rings. The minimum Gasteiger partial charge on any atom is -0.314 e. The maximum Gasteiger partial charge on any atom is 0.145 e. The Balaban J connectivity index is 3.65. The molecule has 1 nitrogen and oxygen atoms in total. The van der Waals surface area contributed by atoms with Crippen LogP contribution in [-0.2, 0) is 0 Å². The highest BCUT2D eigenvalue weighted by atomic mass is 28.3. The molecule has 1 aromatic carbocycles. The number of benzene rings is 1. The minimum atomic E-state index is -2.12. The number of rotatable bonds is 4. The van der Waals surface area contributed by atoms with Crippen LogP contribution < -0.4 is 5.19 Å². The molecule has 0 atom stereocenters. The van der Waals surface area contributed by atoms with Crippen molar-refractivity contribution in [1.82, 2.24) is 0 Å². The molecule has 0 saturated carbocycles. The van der Waals surface area contributed by atoms with E-state index in [1.54, 1.807) is 0 Å². The third-order valence-corrected chi connectivity index (χ3v) is 11.3. The van der Waals surface area contributed by atoms with Crippen LogP contribution in [0.2, 0.25) is 10.1 Å². The molecular weight excluding hydrogens is 258 g/mol. The van der Waals surface area contributed by atoms with Gasteiger partial charge in [-0.3, -0.25) is 0 Å². The van der Waals surface area contributed by atoms with Crippen LogP contribution in [-0.4, -0.2) is 13.4 Å². The Morgan fingerprint density at radius 1 is 0.950 bits per heavy atom. The number of nitrogens with one attached hydrogen (secondary N) is 1. The van der Waals surface area contributed by atoms with Crippen LogP contribution >= 0.6 is 0 Å². The number of hydrogen-bond acceptors (Lipinski definition) is 1. The van der Waals surface area contributed by atoms with E-state index in [1.807, 2.05) is 0 Å². The van der Waals surface area contributed by atoms with E-state index in [-0.39, 0.29) is 10.1 Å². The van der Waals surface area contributed by atoms with E-state index in [9.17, 15) is 0 Å². The van der Waals surface area contributed by atoms with E-state index >= 15 is 0 Å². The highest BCUT2D eigenvalue weighted by Crippen LogP contribution is 2.51. The first-order valence-corrected chi connectivity index (χ1v) is 9.72. The molecule has 1 rings (SSSR count). The summed E-state index contributed by atoms with van der Waals surface area (Å²) in [6.07, 6.45) is 1.99. The van der Waals surface area contributed by atoms with Gasteiger partial charge in [-0.15, -0.1) is 0 Å². The second kappa shape index (κ2) is 5.85. The summed E-state index contributed by atoms with van der Waals surface area (Å²) in [5.74, 6) is 0. The molecule has 0 aliphatic heterocycles. The Hall–Kier alpha value is -0.893. The topological polar surface area (TPSA) is 23.9 Å². The molecule has 0 spiro atoms. The maximum atomic E-state index is 8.90. The van der Waals surface area contributed by atoms with Crippen LogP contribution in [0.4, 0.5) is 0 Å². The van der Waals surface area contributed by atoms with Crippen LogP contribution in [0.3, 0.4) is 0 Å². The molecule has 0 amide bonds. The standard InChI is InChI=1S/C18H31NSi/c1-8-12-16(19)20(17(2,3)4,18(5,6)7)15-13-10-9-11-14-15/h9-11,13-14,19H,8,12H2,1-7H3.